The van der Waals surface area contributed by atoms with Gasteiger partial charge in [0, 0.05) is 44.8 Å². The number of rotatable bonds is 11. The Morgan fingerprint density at radius 1 is 1.03 bits per heavy atom. The molecule has 0 saturated heterocycles. The summed E-state index contributed by atoms with van der Waals surface area (Å²) in [5.74, 6) is 1.27. The van der Waals surface area contributed by atoms with Gasteiger partial charge < -0.3 is 20.7 Å². The van der Waals surface area contributed by atoms with Crippen molar-refractivity contribution in [2.24, 2.45) is 4.99 Å². The van der Waals surface area contributed by atoms with E-state index in [-0.39, 0.29) is 29.9 Å². The van der Waals surface area contributed by atoms with Gasteiger partial charge in [0.15, 0.2) is 5.96 Å². The van der Waals surface area contributed by atoms with Crippen LogP contribution >= 0.6 is 24.0 Å². The second-order valence-corrected chi connectivity index (χ2v) is 7.45. The van der Waals surface area contributed by atoms with Gasteiger partial charge in [0.25, 0.3) is 5.91 Å². The van der Waals surface area contributed by atoms with E-state index >= 15 is 0 Å². The number of ether oxygens (including phenoxy) is 1. The molecule has 2 rings (SSSR count). The summed E-state index contributed by atoms with van der Waals surface area (Å²) >= 11 is 0. The van der Waals surface area contributed by atoms with Crippen molar-refractivity contribution in [3.8, 4) is 5.75 Å². The summed E-state index contributed by atoms with van der Waals surface area (Å²) in [5.41, 5.74) is 1.90. The van der Waals surface area contributed by atoms with Gasteiger partial charge in [-0.3, -0.25) is 14.7 Å². The quantitative estimate of drug-likeness (QED) is 0.173. The largest absolute Gasteiger partial charge is 0.497 e. The number of benzene rings is 2. The molecule has 0 radical (unpaired) electrons. The van der Waals surface area contributed by atoms with E-state index in [2.05, 4.69) is 64.1 Å². The van der Waals surface area contributed by atoms with Crippen molar-refractivity contribution in [2.75, 3.05) is 40.8 Å². The fourth-order valence-electron chi connectivity index (χ4n) is 3.09. The fourth-order valence-corrected chi connectivity index (χ4v) is 3.09. The number of carbonyl (C=O) groups excluding carboxylic acids is 1. The zero-order chi connectivity index (χ0) is 22.5. The average Bonchev–Trinajstić information content (AvgIpc) is 2.80. The smallest absolute Gasteiger partial charge is 0.251 e. The number of halogens is 1. The number of amides is 1. The van der Waals surface area contributed by atoms with E-state index in [1.807, 2.05) is 12.1 Å². The Bertz CT molecular complexity index is 832. The molecule has 0 aliphatic carbocycles. The van der Waals surface area contributed by atoms with Crippen molar-refractivity contribution in [1.29, 1.82) is 0 Å². The van der Waals surface area contributed by atoms with Crippen molar-refractivity contribution in [2.45, 2.75) is 25.9 Å². The maximum atomic E-state index is 12.2. The van der Waals surface area contributed by atoms with Gasteiger partial charge in [-0.05, 0) is 44.2 Å². The third-order valence-electron chi connectivity index (χ3n) is 5.14. The molecule has 1 atom stereocenters. The molecule has 1 unspecified atom stereocenters. The number of aliphatic imine (C=N–C) groups is 1. The second kappa shape index (κ2) is 15.5. The van der Waals surface area contributed by atoms with Gasteiger partial charge in [-0.25, -0.2) is 0 Å². The van der Waals surface area contributed by atoms with E-state index in [0.717, 1.165) is 25.5 Å². The zero-order valence-corrected chi connectivity index (χ0v) is 21.8. The first-order chi connectivity index (χ1) is 15.0. The zero-order valence-electron chi connectivity index (χ0n) is 19.4. The fraction of sp³-hybridized carbons (Fsp3) is 0.417. The molecule has 8 heteroatoms. The number of nitrogens with zero attached hydrogens (tertiary/aromatic N) is 2. The van der Waals surface area contributed by atoms with E-state index in [1.165, 1.54) is 5.56 Å². The van der Waals surface area contributed by atoms with Gasteiger partial charge in [-0.15, -0.1) is 24.0 Å². The normalized spacial score (nSPS) is 12.0. The number of methoxy groups -OCH3 is 1. The molecule has 1 amide bonds. The van der Waals surface area contributed by atoms with E-state index in [4.69, 9.17) is 4.74 Å². The summed E-state index contributed by atoms with van der Waals surface area (Å²) in [5, 5.41) is 9.46. The number of nitrogens with one attached hydrogen (secondary N) is 3. The van der Waals surface area contributed by atoms with E-state index < -0.39 is 0 Å². The highest BCUT2D eigenvalue weighted by Crippen LogP contribution is 2.12. The van der Waals surface area contributed by atoms with E-state index in [1.54, 1.807) is 32.4 Å². The van der Waals surface area contributed by atoms with Gasteiger partial charge in [-0.2, -0.15) is 0 Å². The lowest BCUT2D eigenvalue weighted by molar-refractivity contribution is 0.0954. The molecular weight excluding hydrogens is 517 g/mol. The molecule has 0 bridgehead atoms. The van der Waals surface area contributed by atoms with Crippen molar-refractivity contribution in [1.82, 2.24) is 20.9 Å². The van der Waals surface area contributed by atoms with Crippen LogP contribution < -0.4 is 20.7 Å². The van der Waals surface area contributed by atoms with Crippen molar-refractivity contribution >= 4 is 35.8 Å². The summed E-state index contributed by atoms with van der Waals surface area (Å²) in [7, 11) is 5.48. The Labute approximate surface area is 209 Å². The van der Waals surface area contributed by atoms with Gasteiger partial charge >= 0.3 is 0 Å². The molecule has 7 nitrogen and oxygen atoms in total. The van der Waals surface area contributed by atoms with Crippen molar-refractivity contribution in [3.05, 3.63) is 65.7 Å². The second-order valence-electron chi connectivity index (χ2n) is 7.45. The molecular formula is C24H36IN5O2. The molecule has 0 fully saturated rings. The molecule has 0 aliphatic rings. The van der Waals surface area contributed by atoms with Crippen LogP contribution in [0.4, 0.5) is 0 Å². The maximum absolute atomic E-state index is 12.2. The highest BCUT2D eigenvalue weighted by atomic mass is 127. The van der Waals surface area contributed by atoms with Crippen molar-refractivity contribution in [3.63, 3.8) is 0 Å². The van der Waals surface area contributed by atoms with Gasteiger partial charge in [0.05, 0.1) is 7.11 Å². The Hall–Kier alpha value is -2.33. The molecule has 0 saturated carbocycles. The van der Waals surface area contributed by atoms with Crippen LogP contribution in [0.3, 0.4) is 0 Å². The highest BCUT2D eigenvalue weighted by Gasteiger charge is 2.10. The number of guanidine groups is 1. The third kappa shape index (κ3) is 9.86. The molecule has 2 aromatic carbocycles. The SMILES string of the molecule is CN=C(NCCNC(=O)c1cccc(OC)c1)NCCC(C)N(C)Cc1ccccc1.I. The lowest BCUT2D eigenvalue weighted by Crippen LogP contribution is -2.43. The first-order valence-corrected chi connectivity index (χ1v) is 10.6. The summed E-state index contributed by atoms with van der Waals surface area (Å²) in [4.78, 5) is 18.8. The number of hydrogen-bond acceptors (Lipinski definition) is 4. The summed E-state index contributed by atoms with van der Waals surface area (Å²) in [6, 6.07) is 18.0. The standard InChI is InChI=1S/C24H35N5O2.HI/c1-19(29(3)18-20-9-6-5-7-10-20)13-14-27-24(25-2)28-16-15-26-23(30)21-11-8-12-22(17-21)31-4;/h5-12,17,19H,13-16,18H2,1-4H3,(H,26,30)(H2,25,27,28);1H. The van der Waals surface area contributed by atoms with Crippen LogP contribution in [0.25, 0.3) is 0 Å². The predicted molar refractivity (Wildman–Crippen MR) is 142 cm³/mol. The van der Waals surface area contributed by atoms with Crippen LogP contribution in [0.2, 0.25) is 0 Å². The molecule has 3 N–H and O–H groups in total. The van der Waals surface area contributed by atoms with Gasteiger partial charge in [0.1, 0.15) is 5.75 Å². The number of carbonyl (C=O) groups is 1. The maximum Gasteiger partial charge on any atom is 0.251 e. The Balaban J connectivity index is 0.00000512. The third-order valence-corrected chi connectivity index (χ3v) is 5.14. The van der Waals surface area contributed by atoms with Crippen LogP contribution in [0.1, 0.15) is 29.3 Å². The van der Waals surface area contributed by atoms with Crippen LogP contribution in [0.15, 0.2) is 59.6 Å². The minimum Gasteiger partial charge on any atom is -0.497 e. The minimum atomic E-state index is -0.126. The van der Waals surface area contributed by atoms with E-state index in [0.29, 0.717) is 30.4 Å². The highest BCUT2D eigenvalue weighted by molar-refractivity contribution is 14.0. The summed E-state index contributed by atoms with van der Waals surface area (Å²) in [6.45, 7) is 5.05. The molecule has 0 heterocycles. The topological polar surface area (TPSA) is 78.0 Å². The predicted octanol–water partition coefficient (Wildman–Crippen LogP) is 3.12. The summed E-state index contributed by atoms with van der Waals surface area (Å²) in [6.07, 6.45) is 0.997. The lowest BCUT2D eigenvalue weighted by atomic mass is 10.1. The Kier molecular flexibility index (Phi) is 13.4. The molecule has 0 aliphatic heterocycles. The molecule has 2 aromatic rings. The Morgan fingerprint density at radius 2 is 1.72 bits per heavy atom. The van der Waals surface area contributed by atoms with Crippen LogP contribution in [0.5, 0.6) is 5.75 Å². The molecule has 0 spiro atoms. The molecule has 176 valence electrons. The van der Waals surface area contributed by atoms with Crippen LogP contribution in [-0.4, -0.2) is 63.6 Å². The first-order valence-electron chi connectivity index (χ1n) is 10.6. The minimum absolute atomic E-state index is 0. The molecule has 32 heavy (non-hydrogen) atoms. The first kappa shape index (κ1) is 27.7. The monoisotopic (exact) mass is 553 g/mol. The summed E-state index contributed by atoms with van der Waals surface area (Å²) < 4.78 is 5.16. The molecule has 0 aromatic heterocycles. The van der Waals surface area contributed by atoms with E-state index in [9.17, 15) is 4.79 Å². The van der Waals surface area contributed by atoms with Crippen LogP contribution in [0, 0.1) is 0 Å². The van der Waals surface area contributed by atoms with Gasteiger partial charge in [-0.1, -0.05) is 36.4 Å². The van der Waals surface area contributed by atoms with Crippen LogP contribution in [-0.2, 0) is 6.54 Å². The number of hydrogen-bond donors (Lipinski definition) is 3. The van der Waals surface area contributed by atoms with Gasteiger partial charge in [0.2, 0.25) is 0 Å². The average molecular weight is 553 g/mol. The van der Waals surface area contributed by atoms with Crippen molar-refractivity contribution < 1.29 is 9.53 Å². The lowest BCUT2D eigenvalue weighted by Gasteiger charge is -2.25. The Morgan fingerprint density at radius 3 is 2.41 bits per heavy atom.